The molecule has 0 aliphatic carbocycles. The summed E-state index contributed by atoms with van der Waals surface area (Å²) in [5.74, 6) is 0.528. The summed E-state index contributed by atoms with van der Waals surface area (Å²) >= 11 is 0. The predicted molar refractivity (Wildman–Crippen MR) is 182 cm³/mol. The number of aryl methyl sites for hydroxylation is 1. The van der Waals surface area contributed by atoms with Crippen molar-refractivity contribution < 1.29 is 24.5 Å². The van der Waals surface area contributed by atoms with Gasteiger partial charge in [-0.2, -0.15) is 0 Å². The molecular weight excluding hydrogens is 578 g/mol. The standard InChI is InChI=1S/C38H57N3O5/c1-29-18-20-30(21-19-29)26-34(40-38(45)46-28-32-13-5-4-6-14-32)36(43)17-11-15-31-12-7-8-16-33-22-23-35(41(33)27-31)37(44)39-24-9-2-3-10-25-42/h4-6,13-14,18-21,31,33-35,37,39,42,44H,2-3,7-12,15-17,22-28H2,1H3,(H,40,45). The first-order chi connectivity index (χ1) is 22.4. The quantitative estimate of drug-likeness (QED) is 0.117. The number of nitrogens with zero attached hydrogens (tertiary/aromatic N) is 1. The number of aliphatic hydroxyl groups is 2. The van der Waals surface area contributed by atoms with E-state index in [2.05, 4.69) is 15.5 Å². The van der Waals surface area contributed by atoms with Crippen molar-refractivity contribution in [1.82, 2.24) is 15.5 Å². The molecule has 2 aromatic rings. The molecule has 0 radical (unpaired) electrons. The molecule has 0 bridgehead atoms. The number of nitrogens with one attached hydrogen (secondary N) is 2. The molecule has 4 rings (SSSR count). The molecule has 2 fully saturated rings. The number of carbonyl (C=O) groups excluding carboxylic acids is 2. The summed E-state index contributed by atoms with van der Waals surface area (Å²) < 4.78 is 5.46. The van der Waals surface area contributed by atoms with E-state index in [0.717, 1.165) is 87.6 Å². The molecule has 254 valence electrons. The van der Waals surface area contributed by atoms with Gasteiger partial charge in [-0.3, -0.25) is 15.0 Å². The average molecular weight is 636 g/mol. The average Bonchev–Trinajstić information content (AvgIpc) is 3.44. The first-order valence-electron chi connectivity index (χ1n) is 17.8. The molecule has 5 unspecified atom stereocenters. The van der Waals surface area contributed by atoms with Crippen LogP contribution >= 0.6 is 0 Å². The minimum absolute atomic E-state index is 0.0404. The molecule has 0 saturated carbocycles. The van der Waals surface area contributed by atoms with Crippen LogP contribution in [0.5, 0.6) is 0 Å². The van der Waals surface area contributed by atoms with E-state index < -0.39 is 18.4 Å². The Morgan fingerprint density at radius 3 is 2.46 bits per heavy atom. The van der Waals surface area contributed by atoms with Gasteiger partial charge in [0.15, 0.2) is 5.78 Å². The van der Waals surface area contributed by atoms with Gasteiger partial charge in [0.2, 0.25) is 0 Å². The molecule has 5 atom stereocenters. The van der Waals surface area contributed by atoms with Gasteiger partial charge in [0.25, 0.3) is 0 Å². The van der Waals surface area contributed by atoms with E-state index in [-0.39, 0.29) is 25.0 Å². The summed E-state index contributed by atoms with van der Waals surface area (Å²) in [7, 11) is 0. The van der Waals surface area contributed by atoms with E-state index in [1.807, 2.05) is 61.5 Å². The number of amides is 1. The van der Waals surface area contributed by atoms with Crippen LogP contribution in [0.4, 0.5) is 4.79 Å². The van der Waals surface area contributed by atoms with Crippen LogP contribution in [0, 0.1) is 12.8 Å². The largest absolute Gasteiger partial charge is 0.445 e. The van der Waals surface area contributed by atoms with E-state index in [1.54, 1.807) is 0 Å². The lowest BCUT2D eigenvalue weighted by Crippen LogP contribution is -2.51. The molecule has 2 saturated heterocycles. The van der Waals surface area contributed by atoms with Crippen LogP contribution in [-0.2, 0) is 22.6 Å². The van der Waals surface area contributed by atoms with Crippen molar-refractivity contribution in [3.63, 3.8) is 0 Å². The second-order valence-electron chi connectivity index (χ2n) is 13.5. The van der Waals surface area contributed by atoms with Gasteiger partial charge in [0, 0.05) is 31.7 Å². The number of carbonyl (C=O) groups is 2. The molecule has 46 heavy (non-hydrogen) atoms. The van der Waals surface area contributed by atoms with Crippen LogP contribution in [-0.4, -0.2) is 71.0 Å². The number of alkyl carbamates (subject to hydrolysis) is 1. The molecule has 1 amide bonds. The van der Waals surface area contributed by atoms with Crippen LogP contribution in [0.2, 0.25) is 0 Å². The number of Topliss-reactive ketones (excluding diaryl/α,β-unsaturated/α-hetero) is 1. The Morgan fingerprint density at radius 2 is 1.67 bits per heavy atom. The monoisotopic (exact) mass is 635 g/mol. The van der Waals surface area contributed by atoms with Gasteiger partial charge in [0.05, 0.1) is 6.04 Å². The summed E-state index contributed by atoms with van der Waals surface area (Å²) in [5.41, 5.74) is 3.06. The van der Waals surface area contributed by atoms with Gasteiger partial charge in [-0.1, -0.05) is 85.8 Å². The van der Waals surface area contributed by atoms with Crippen LogP contribution in [0.1, 0.15) is 100 Å². The van der Waals surface area contributed by atoms with Crippen molar-refractivity contribution in [2.45, 2.75) is 128 Å². The smallest absolute Gasteiger partial charge is 0.408 e. The van der Waals surface area contributed by atoms with Gasteiger partial charge in [-0.15, -0.1) is 0 Å². The van der Waals surface area contributed by atoms with E-state index in [9.17, 15) is 14.7 Å². The number of rotatable bonds is 18. The Labute approximate surface area is 276 Å². The summed E-state index contributed by atoms with van der Waals surface area (Å²) in [6.45, 7) is 4.21. The number of ketones is 1. The maximum atomic E-state index is 13.6. The van der Waals surface area contributed by atoms with Crippen LogP contribution in [0.15, 0.2) is 54.6 Å². The summed E-state index contributed by atoms with van der Waals surface area (Å²) in [6.07, 6.45) is 12.4. The van der Waals surface area contributed by atoms with Crippen molar-refractivity contribution in [2.75, 3.05) is 19.7 Å². The van der Waals surface area contributed by atoms with Crippen molar-refractivity contribution in [1.29, 1.82) is 0 Å². The predicted octanol–water partition coefficient (Wildman–Crippen LogP) is 6.06. The summed E-state index contributed by atoms with van der Waals surface area (Å²) in [4.78, 5) is 28.9. The van der Waals surface area contributed by atoms with Crippen LogP contribution < -0.4 is 10.6 Å². The lowest BCUT2D eigenvalue weighted by Gasteiger charge is -2.37. The normalized spacial score (nSPS) is 21.5. The first-order valence-corrected chi connectivity index (χ1v) is 17.8. The molecular formula is C38H57N3O5. The molecule has 4 N–H and O–H groups in total. The minimum Gasteiger partial charge on any atom is -0.445 e. The second-order valence-corrected chi connectivity index (χ2v) is 13.5. The highest BCUT2D eigenvalue weighted by Gasteiger charge is 2.38. The molecule has 8 heteroatoms. The highest BCUT2D eigenvalue weighted by Crippen LogP contribution is 2.34. The van der Waals surface area contributed by atoms with Gasteiger partial charge >= 0.3 is 6.09 Å². The van der Waals surface area contributed by atoms with Crippen molar-refractivity contribution in [3.05, 3.63) is 71.3 Å². The van der Waals surface area contributed by atoms with E-state index >= 15 is 0 Å². The molecule has 2 aromatic carbocycles. The number of aliphatic hydroxyl groups excluding tert-OH is 2. The zero-order valence-electron chi connectivity index (χ0n) is 27.9. The Balaban J connectivity index is 1.28. The maximum Gasteiger partial charge on any atom is 0.408 e. The maximum absolute atomic E-state index is 13.6. The van der Waals surface area contributed by atoms with Gasteiger partial charge in [-0.05, 0) is 88.3 Å². The SMILES string of the molecule is Cc1ccc(CC(NC(=O)OCc2ccccc2)C(=O)CCCC2CCCCC3CCC(C(O)NCCCCCCO)N3C2)cc1. The van der Waals surface area contributed by atoms with E-state index in [1.165, 1.54) is 19.3 Å². The van der Waals surface area contributed by atoms with Crippen molar-refractivity contribution in [3.8, 4) is 0 Å². The van der Waals surface area contributed by atoms with Crippen LogP contribution in [0.25, 0.3) is 0 Å². The summed E-state index contributed by atoms with van der Waals surface area (Å²) in [5, 5.41) is 26.3. The lowest BCUT2D eigenvalue weighted by atomic mass is 9.90. The van der Waals surface area contributed by atoms with E-state index in [4.69, 9.17) is 9.84 Å². The highest BCUT2D eigenvalue weighted by molar-refractivity contribution is 5.87. The Morgan fingerprint density at radius 1 is 0.913 bits per heavy atom. The van der Waals surface area contributed by atoms with Crippen LogP contribution in [0.3, 0.4) is 0 Å². The number of ether oxygens (including phenoxy) is 1. The molecule has 0 spiro atoms. The summed E-state index contributed by atoms with van der Waals surface area (Å²) in [6, 6.07) is 17.7. The van der Waals surface area contributed by atoms with Gasteiger partial charge in [-0.25, -0.2) is 4.79 Å². The van der Waals surface area contributed by atoms with E-state index in [0.29, 0.717) is 24.8 Å². The molecule has 0 aromatic heterocycles. The third-order valence-corrected chi connectivity index (χ3v) is 9.85. The van der Waals surface area contributed by atoms with Crippen molar-refractivity contribution in [2.24, 2.45) is 5.92 Å². The highest BCUT2D eigenvalue weighted by atomic mass is 16.5. The number of hydrogen-bond donors (Lipinski definition) is 4. The number of unbranched alkanes of at least 4 members (excludes halogenated alkanes) is 3. The number of benzene rings is 2. The topological polar surface area (TPSA) is 111 Å². The third kappa shape index (κ3) is 12.1. The molecule has 2 aliphatic heterocycles. The number of hydrogen-bond acceptors (Lipinski definition) is 7. The Hall–Kier alpha value is -2.78. The fourth-order valence-corrected chi connectivity index (χ4v) is 7.17. The minimum atomic E-state index is -0.638. The second kappa shape index (κ2) is 19.8. The van der Waals surface area contributed by atoms with Crippen molar-refractivity contribution >= 4 is 11.9 Å². The zero-order chi connectivity index (χ0) is 32.6. The molecule has 8 nitrogen and oxygen atoms in total. The molecule has 2 aliphatic rings. The Bertz CT molecular complexity index is 1160. The first kappa shape index (κ1) is 36.1. The fraction of sp³-hybridized carbons (Fsp3) is 0.632. The lowest BCUT2D eigenvalue weighted by molar-refractivity contribution is -0.121. The fourth-order valence-electron chi connectivity index (χ4n) is 7.17. The zero-order valence-corrected chi connectivity index (χ0v) is 27.9. The number of fused-ring (bicyclic) bond motifs is 1. The third-order valence-electron chi connectivity index (χ3n) is 9.85. The Kier molecular flexibility index (Phi) is 15.5. The van der Waals surface area contributed by atoms with Gasteiger partial charge < -0.3 is 20.3 Å². The van der Waals surface area contributed by atoms with Gasteiger partial charge in [0.1, 0.15) is 12.8 Å². The molecule has 2 heterocycles.